The first kappa shape index (κ1) is 20.5. The van der Waals surface area contributed by atoms with E-state index in [9.17, 15) is 9.59 Å². The normalized spacial score (nSPS) is 10.5. The van der Waals surface area contributed by atoms with Crippen LogP contribution in [-0.2, 0) is 11.3 Å². The van der Waals surface area contributed by atoms with E-state index in [0.29, 0.717) is 35.2 Å². The molecular formula is C21H21N5O2S. The highest BCUT2D eigenvalue weighted by molar-refractivity contribution is 7.99. The molecule has 0 saturated carbocycles. The van der Waals surface area contributed by atoms with Crippen LogP contribution < -0.4 is 5.32 Å². The molecule has 8 heteroatoms. The van der Waals surface area contributed by atoms with Gasteiger partial charge in [-0.25, -0.2) is 0 Å². The van der Waals surface area contributed by atoms with Gasteiger partial charge in [0.1, 0.15) is 0 Å². The maximum Gasteiger partial charge on any atom is 0.224 e. The van der Waals surface area contributed by atoms with Gasteiger partial charge in [0.05, 0.1) is 5.75 Å². The van der Waals surface area contributed by atoms with Gasteiger partial charge in [0.25, 0.3) is 0 Å². The van der Waals surface area contributed by atoms with E-state index < -0.39 is 0 Å². The Hall–Kier alpha value is -3.26. The lowest BCUT2D eigenvalue weighted by Gasteiger charge is -2.08. The first-order chi connectivity index (χ1) is 14.1. The minimum absolute atomic E-state index is 0.0259. The second-order valence-electron chi connectivity index (χ2n) is 6.13. The molecule has 0 atom stereocenters. The van der Waals surface area contributed by atoms with Crippen LogP contribution in [0.25, 0.3) is 11.4 Å². The van der Waals surface area contributed by atoms with Gasteiger partial charge >= 0.3 is 0 Å². The monoisotopic (exact) mass is 407 g/mol. The number of benzene rings is 1. The van der Waals surface area contributed by atoms with Crippen molar-refractivity contribution in [3.8, 4) is 11.4 Å². The summed E-state index contributed by atoms with van der Waals surface area (Å²) in [6.07, 6.45) is 5.57. The van der Waals surface area contributed by atoms with Gasteiger partial charge in [-0.1, -0.05) is 24.8 Å². The Morgan fingerprint density at radius 3 is 2.52 bits per heavy atom. The average Bonchev–Trinajstić information content (AvgIpc) is 3.16. The molecule has 0 radical (unpaired) electrons. The van der Waals surface area contributed by atoms with Crippen LogP contribution in [0.2, 0.25) is 0 Å². The number of aromatic nitrogens is 4. The van der Waals surface area contributed by atoms with Crippen LogP contribution in [0.5, 0.6) is 0 Å². The summed E-state index contributed by atoms with van der Waals surface area (Å²) in [5.41, 5.74) is 2.15. The predicted octanol–water partition coefficient (Wildman–Crippen LogP) is 3.85. The van der Waals surface area contributed by atoms with Crippen molar-refractivity contribution in [2.24, 2.45) is 0 Å². The molecule has 0 saturated heterocycles. The van der Waals surface area contributed by atoms with Crippen LogP contribution in [-0.4, -0.2) is 37.2 Å². The topological polar surface area (TPSA) is 89.8 Å². The molecule has 1 aromatic carbocycles. The molecule has 2 heterocycles. The molecule has 3 rings (SSSR count). The second-order valence-corrected chi connectivity index (χ2v) is 7.07. The fourth-order valence-corrected chi connectivity index (χ4v) is 3.45. The number of carbonyl (C=O) groups excluding carboxylic acids is 2. The first-order valence-corrected chi connectivity index (χ1v) is 10.1. The molecule has 29 heavy (non-hydrogen) atoms. The van der Waals surface area contributed by atoms with E-state index in [1.54, 1.807) is 49.7 Å². The number of Topliss-reactive ketones (excluding diaryl/α,β-unsaturated/α-hetero) is 1. The van der Waals surface area contributed by atoms with Crippen LogP contribution in [0.15, 0.2) is 66.6 Å². The lowest BCUT2D eigenvalue weighted by Crippen LogP contribution is -2.10. The van der Waals surface area contributed by atoms with E-state index in [4.69, 9.17) is 0 Å². The molecular weight excluding hydrogens is 386 g/mol. The van der Waals surface area contributed by atoms with Crippen LogP contribution in [0.1, 0.15) is 23.7 Å². The van der Waals surface area contributed by atoms with Gasteiger partial charge < -0.3 is 5.32 Å². The molecule has 0 bridgehead atoms. The van der Waals surface area contributed by atoms with E-state index in [0.717, 1.165) is 5.56 Å². The van der Waals surface area contributed by atoms with Crippen molar-refractivity contribution in [1.29, 1.82) is 0 Å². The Kier molecular flexibility index (Phi) is 6.91. The van der Waals surface area contributed by atoms with Crippen molar-refractivity contribution in [3.05, 3.63) is 67.0 Å². The van der Waals surface area contributed by atoms with E-state index in [1.165, 1.54) is 11.8 Å². The number of rotatable bonds is 9. The third-order valence-electron chi connectivity index (χ3n) is 4.11. The summed E-state index contributed by atoms with van der Waals surface area (Å²) < 4.78 is 1.92. The first-order valence-electron chi connectivity index (χ1n) is 9.12. The number of pyridine rings is 1. The van der Waals surface area contributed by atoms with Crippen molar-refractivity contribution in [2.75, 3.05) is 11.1 Å². The standard InChI is InChI=1S/C21H21N5O2S/c1-3-13-26-20(16-9-11-22-12-10-16)24-25-21(26)29-14-18(27)15-5-7-17(8-6-15)23-19(28)4-2/h3,5-12H,1,4,13-14H2,2H3,(H,23,28). The Morgan fingerprint density at radius 2 is 1.86 bits per heavy atom. The van der Waals surface area contributed by atoms with Gasteiger partial charge in [-0.2, -0.15) is 0 Å². The zero-order valence-electron chi connectivity index (χ0n) is 16.0. The lowest BCUT2D eigenvalue weighted by molar-refractivity contribution is -0.115. The molecule has 3 aromatic rings. The Labute approximate surface area is 173 Å². The predicted molar refractivity (Wildman–Crippen MR) is 114 cm³/mol. The van der Waals surface area contributed by atoms with Gasteiger partial charge in [-0.15, -0.1) is 16.8 Å². The third kappa shape index (κ3) is 5.17. The summed E-state index contributed by atoms with van der Waals surface area (Å²) in [4.78, 5) is 28.0. The summed E-state index contributed by atoms with van der Waals surface area (Å²) in [5.74, 6) is 0.846. The molecule has 0 aliphatic carbocycles. The zero-order chi connectivity index (χ0) is 20.6. The van der Waals surface area contributed by atoms with Crippen LogP contribution in [0.4, 0.5) is 5.69 Å². The molecule has 1 N–H and O–H groups in total. The highest BCUT2D eigenvalue weighted by atomic mass is 32.2. The highest BCUT2D eigenvalue weighted by Gasteiger charge is 2.15. The molecule has 7 nitrogen and oxygen atoms in total. The van der Waals surface area contributed by atoms with Crippen molar-refractivity contribution in [2.45, 2.75) is 25.0 Å². The smallest absolute Gasteiger partial charge is 0.224 e. The van der Waals surface area contributed by atoms with E-state index >= 15 is 0 Å². The van der Waals surface area contributed by atoms with Crippen LogP contribution >= 0.6 is 11.8 Å². The SMILES string of the molecule is C=CCn1c(SCC(=O)c2ccc(NC(=O)CC)cc2)nnc1-c1ccncc1. The summed E-state index contributed by atoms with van der Waals surface area (Å²) in [7, 11) is 0. The second kappa shape index (κ2) is 9.79. The molecule has 0 aliphatic heterocycles. The highest BCUT2D eigenvalue weighted by Crippen LogP contribution is 2.24. The number of nitrogens with one attached hydrogen (secondary N) is 1. The molecule has 1 amide bonds. The quantitative estimate of drug-likeness (QED) is 0.329. The zero-order valence-corrected chi connectivity index (χ0v) is 16.9. The van der Waals surface area contributed by atoms with Crippen molar-refractivity contribution in [3.63, 3.8) is 0 Å². The number of nitrogens with zero attached hydrogens (tertiary/aromatic N) is 4. The minimum atomic E-state index is -0.0637. The number of hydrogen-bond acceptors (Lipinski definition) is 6. The number of carbonyl (C=O) groups is 2. The van der Waals surface area contributed by atoms with Gasteiger partial charge in [0.2, 0.25) is 5.91 Å². The number of amides is 1. The summed E-state index contributed by atoms with van der Waals surface area (Å²) >= 11 is 1.33. The maximum absolute atomic E-state index is 12.6. The van der Waals surface area contributed by atoms with Gasteiger partial charge in [0, 0.05) is 42.2 Å². The molecule has 2 aromatic heterocycles. The minimum Gasteiger partial charge on any atom is -0.326 e. The van der Waals surface area contributed by atoms with Gasteiger partial charge in [0.15, 0.2) is 16.8 Å². The summed E-state index contributed by atoms with van der Waals surface area (Å²) in [6.45, 7) is 6.12. The van der Waals surface area contributed by atoms with Crippen LogP contribution in [0, 0.1) is 0 Å². The number of hydrogen-bond donors (Lipinski definition) is 1. The molecule has 0 spiro atoms. The summed E-state index contributed by atoms with van der Waals surface area (Å²) in [6, 6.07) is 10.6. The van der Waals surface area contributed by atoms with Gasteiger partial charge in [-0.05, 0) is 36.4 Å². The Balaban J connectivity index is 1.69. The van der Waals surface area contributed by atoms with E-state index in [1.807, 2.05) is 16.7 Å². The van der Waals surface area contributed by atoms with Crippen molar-refractivity contribution in [1.82, 2.24) is 19.7 Å². The maximum atomic E-state index is 12.6. The number of allylic oxidation sites excluding steroid dienone is 1. The fraction of sp³-hybridized carbons (Fsp3) is 0.190. The Bertz CT molecular complexity index is 1000. The number of thioether (sulfide) groups is 1. The third-order valence-corrected chi connectivity index (χ3v) is 5.08. The van der Waals surface area contributed by atoms with Crippen molar-refractivity contribution < 1.29 is 9.59 Å². The molecule has 0 aliphatic rings. The number of ketones is 1. The number of anilines is 1. The van der Waals surface area contributed by atoms with Gasteiger partial charge in [-0.3, -0.25) is 19.1 Å². The van der Waals surface area contributed by atoms with E-state index in [-0.39, 0.29) is 17.4 Å². The largest absolute Gasteiger partial charge is 0.326 e. The molecule has 148 valence electrons. The van der Waals surface area contributed by atoms with Crippen LogP contribution in [0.3, 0.4) is 0 Å². The Morgan fingerprint density at radius 1 is 1.14 bits per heavy atom. The molecule has 0 unspecified atom stereocenters. The lowest BCUT2D eigenvalue weighted by atomic mass is 10.1. The fourth-order valence-electron chi connectivity index (χ4n) is 2.61. The van der Waals surface area contributed by atoms with Crippen molar-refractivity contribution >= 4 is 29.1 Å². The van der Waals surface area contributed by atoms with E-state index in [2.05, 4.69) is 27.1 Å². The average molecular weight is 407 g/mol. The summed E-state index contributed by atoms with van der Waals surface area (Å²) in [5, 5.41) is 11.9. The molecule has 0 fully saturated rings.